The Hall–Kier alpha value is -1.35. The van der Waals surface area contributed by atoms with Crippen LogP contribution in [0.1, 0.15) is 0 Å². The predicted molar refractivity (Wildman–Crippen MR) is 95.0 cm³/mol. The third kappa shape index (κ3) is 2.91. The summed E-state index contributed by atoms with van der Waals surface area (Å²) in [4.78, 5) is 0. The van der Waals surface area contributed by atoms with Gasteiger partial charge in [0.2, 0.25) is 0 Å². The molecular formula is C18H10BrCl2F. The van der Waals surface area contributed by atoms with E-state index >= 15 is 0 Å². The number of hydrogen-bond acceptors (Lipinski definition) is 0. The van der Waals surface area contributed by atoms with Crippen LogP contribution in [0.15, 0.2) is 65.1 Å². The Labute approximate surface area is 146 Å². The second kappa shape index (κ2) is 6.41. The van der Waals surface area contributed by atoms with Gasteiger partial charge in [0, 0.05) is 21.2 Å². The molecule has 0 amide bonds. The molecule has 0 aliphatic carbocycles. The van der Waals surface area contributed by atoms with Gasteiger partial charge in [0.1, 0.15) is 5.82 Å². The van der Waals surface area contributed by atoms with Crippen molar-refractivity contribution in [3.05, 3.63) is 81.0 Å². The normalized spacial score (nSPS) is 10.7. The Morgan fingerprint density at radius 1 is 0.682 bits per heavy atom. The molecule has 0 aliphatic rings. The van der Waals surface area contributed by atoms with Crippen LogP contribution in [-0.4, -0.2) is 0 Å². The van der Waals surface area contributed by atoms with Gasteiger partial charge in [-0.05, 0) is 23.8 Å². The van der Waals surface area contributed by atoms with Crippen LogP contribution in [0, 0.1) is 5.82 Å². The monoisotopic (exact) mass is 394 g/mol. The zero-order chi connectivity index (χ0) is 15.7. The first-order valence-electron chi connectivity index (χ1n) is 6.57. The lowest BCUT2D eigenvalue weighted by Gasteiger charge is -2.12. The van der Waals surface area contributed by atoms with E-state index in [2.05, 4.69) is 15.9 Å². The summed E-state index contributed by atoms with van der Waals surface area (Å²) in [6.45, 7) is 0. The average molecular weight is 396 g/mol. The number of halogens is 4. The first-order chi connectivity index (χ1) is 10.6. The molecule has 22 heavy (non-hydrogen) atoms. The highest BCUT2D eigenvalue weighted by Gasteiger charge is 2.15. The summed E-state index contributed by atoms with van der Waals surface area (Å²) < 4.78 is 14.9. The number of rotatable bonds is 2. The lowest BCUT2D eigenvalue weighted by molar-refractivity contribution is 0.631. The largest absolute Gasteiger partial charge is 0.206 e. The van der Waals surface area contributed by atoms with Crippen molar-refractivity contribution in [2.24, 2.45) is 0 Å². The van der Waals surface area contributed by atoms with Crippen molar-refractivity contribution >= 4 is 39.1 Å². The first kappa shape index (κ1) is 15.5. The molecule has 0 nitrogen and oxygen atoms in total. The van der Waals surface area contributed by atoms with E-state index in [1.807, 2.05) is 30.3 Å². The summed E-state index contributed by atoms with van der Waals surface area (Å²) in [5.41, 5.74) is 2.80. The van der Waals surface area contributed by atoms with Crippen molar-refractivity contribution in [3.8, 4) is 22.3 Å². The molecule has 110 valence electrons. The molecule has 0 unspecified atom stereocenters. The fourth-order valence-electron chi connectivity index (χ4n) is 2.29. The van der Waals surface area contributed by atoms with E-state index in [1.165, 1.54) is 6.07 Å². The van der Waals surface area contributed by atoms with Crippen LogP contribution >= 0.6 is 39.1 Å². The predicted octanol–water partition coefficient (Wildman–Crippen LogP) is 7.23. The van der Waals surface area contributed by atoms with Crippen molar-refractivity contribution in [2.45, 2.75) is 0 Å². The maximum atomic E-state index is 13.9. The van der Waals surface area contributed by atoms with E-state index in [4.69, 9.17) is 23.2 Å². The molecule has 3 aromatic rings. The quantitative estimate of drug-likeness (QED) is 0.429. The van der Waals surface area contributed by atoms with Crippen molar-refractivity contribution in [3.63, 3.8) is 0 Å². The SMILES string of the molecule is Fc1ccccc1-c1ccc(-c2ccc(Br)cc2)c(Cl)c1Cl. The molecule has 0 atom stereocenters. The van der Waals surface area contributed by atoms with Gasteiger partial charge in [-0.2, -0.15) is 0 Å². The molecule has 0 spiro atoms. The Balaban J connectivity index is 2.13. The van der Waals surface area contributed by atoms with Crippen molar-refractivity contribution in [2.75, 3.05) is 0 Å². The van der Waals surface area contributed by atoms with Crippen LogP contribution in [0.3, 0.4) is 0 Å². The van der Waals surface area contributed by atoms with Crippen molar-refractivity contribution in [1.29, 1.82) is 0 Å². The summed E-state index contributed by atoms with van der Waals surface area (Å²) in [5, 5.41) is 0.775. The zero-order valence-corrected chi connectivity index (χ0v) is 14.4. The van der Waals surface area contributed by atoms with Gasteiger partial charge in [-0.1, -0.05) is 81.6 Å². The molecule has 0 N–H and O–H groups in total. The molecule has 0 saturated carbocycles. The van der Waals surface area contributed by atoms with Crippen LogP contribution < -0.4 is 0 Å². The Bertz CT molecular complexity index is 829. The summed E-state index contributed by atoms with van der Waals surface area (Å²) in [5.74, 6) is -0.322. The van der Waals surface area contributed by atoms with Gasteiger partial charge in [0.15, 0.2) is 0 Å². The summed E-state index contributed by atoms with van der Waals surface area (Å²) in [6.07, 6.45) is 0. The molecule has 3 rings (SSSR count). The maximum Gasteiger partial charge on any atom is 0.131 e. The van der Waals surface area contributed by atoms with E-state index in [-0.39, 0.29) is 5.82 Å². The van der Waals surface area contributed by atoms with Gasteiger partial charge in [-0.15, -0.1) is 0 Å². The van der Waals surface area contributed by atoms with Crippen molar-refractivity contribution < 1.29 is 4.39 Å². The van der Waals surface area contributed by atoms with Gasteiger partial charge in [-0.3, -0.25) is 0 Å². The average Bonchev–Trinajstić information content (AvgIpc) is 2.52. The second-order valence-corrected chi connectivity index (χ2v) is 6.45. The van der Waals surface area contributed by atoms with E-state index in [1.54, 1.807) is 24.3 Å². The number of hydrogen-bond donors (Lipinski definition) is 0. The standard InChI is InChI=1S/C18H10BrCl2F/c19-12-7-5-11(6-8-12)13-9-10-15(18(21)17(13)20)14-3-1-2-4-16(14)22/h1-10H. The molecule has 0 aromatic heterocycles. The van der Waals surface area contributed by atoms with E-state index in [0.717, 1.165) is 15.6 Å². The van der Waals surface area contributed by atoms with Gasteiger partial charge in [0.05, 0.1) is 10.0 Å². The maximum absolute atomic E-state index is 13.9. The Kier molecular flexibility index (Phi) is 4.53. The lowest BCUT2D eigenvalue weighted by atomic mass is 9.99. The molecule has 4 heteroatoms. The summed E-state index contributed by atoms with van der Waals surface area (Å²) >= 11 is 16.2. The van der Waals surface area contributed by atoms with E-state index in [9.17, 15) is 4.39 Å². The van der Waals surface area contributed by atoms with E-state index < -0.39 is 0 Å². The third-order valence-corrected chi connectivity index (χ3v) is 4.81. The number of benzene rings is 3. The molecule has 0 heterocycles. The van der Waals surface area contributed by atoms with Gasteiger partial charge >= 0.3 is 0 Å². The van der Waals surface area contributed by atoms with Crippen LogP contribution in [0.5, 0.6) is 0 Å². The molecule has 0 bridgehead atoms. The lowest BCUT2D eigenvalue weighted by Crippen LogP contribution is -1.88. The Morgan fingerprint density at radius 2 is 1.27 bits per heavy atom. The molecule has 0 fully saturated rings. The van der Waals surface area contributed by atoms with Crippen LogP contribution in [-0.2, 0) is 0 Å². The summed E-state index contributed by atoms with van der Waals surface area (Å²) in [6, 6.07) is 17.9. The van der Waals surface area contributed by atoms with Crippen LogP contribution in [0.2, 0.25) is 10.0 Å². The molecule has 0 radical (unpaired) electrons. The highest BCUT2D eigenvalue weighted by molar-refractivity contribution is 9.10. The van der Waals surface area contributed by atoms with Crippen LogP contribution in [0.4, 0.5) is 4.39 Å². The van der Waals surface area contributed by atoms with Gasteiger partial charge in [-0.25, -0.2) is 4.39 Å². The summed E-state index contributed by atoms with van der Waals surface area (Å²) in [7, 11) is 0. The minimum atomic E-state index is -0.322. The van der Waals surface area contributed by atoms with Crippen molar-refractivity contribution in [1.82, 2.24) is 0 Å². The minimum absolute atomic E-state index is 0.322. The highest BCUT2D eigenvalue weighted by atomic mass is 79.9. The zero-order valence-electron chi connectivity index (χ0n) is 11.3. The topological polar surface area (TPSA) is 0 Å². The van der Waals surface area contributed by atoms with Gasteiger partial charge in [0.25, 0.3) is 0 Å². The fourth-order valence-corrected chi connectivity index (χ4v) is 3.09. The molecule has 3 aromatic carbocycles. The molecule has 0 saturated heterocycles. The minimum Gasteiger partial charge on any atom is -0.206 e. The van der Waals surface area contributed by atoms with Gasteiger partial charge < -0.3 is 0 Å². The highest BCUT2D eigenvalue weighted by Crippen LogP contribution is 2.40. The molecule has 0 aliphatic heterocycles. The Morgan fingerprint density at radius 3 is 1.95 bits per heavy atom. The second-order valence-electron chi connectivity index (χ2n) is 4.78. The first-order valence-corrected chi connectivity index (χ1v) is 8.11. The third-order valence-electron chi connectivity index (χ3n) is 3.40. The molecular weight excluding hydrogens is 386 g/mol. The van der Waals surface area contributed by atoms with E-state index in [0.29, 0.717) is 21.2 Å². The smallest absolute Gasteiger partial charge is 0.131 e. The van der Waals surface area contributed by atoms with Crippen LogP contribution in [0.25, 0.3) is 22.3 Å². The fraction of sp³-hybridized carbons (Fsp3) is 0.